The number of rotatable bonds is 5. The first-order valence-corrected chi connectivity index (χ1v) is 6.88. The fourth-order valence-corrected chi connectivity index (χ4v) is 2.30. The van der Waals surface area contributed by atoms with E-state index in [1.807, 2.05) is 13.8 Å². The van der Waals surface area contributed by atoms with Crippen molar-refractivity contribution < 1.29 is 19.4 Å². The Kier molecular flexibility index (Phi) is 5.35. The van der Waals surface area contributed by atoms with Crippen LogP contribution in [0, 0.1) is 11.3 Å². The number of hydrogen-bond acceptors (Lipinski definition) is 3. The van der Waals surface area contributed by atoms with E-state index in [1.165, 1.54) is 0 Å². The topological polar surface area (TPSA) is 66.8 Å². The number of carboxylic acids is 1. The van der Waals surface area contributed by atoms with Gasteiger partial charge in [0.1, 0.15) is 6.61 Å². The average Bonchev–Trinajstić information content (AvgIpc) is 2.35. The van der Waals surface area contributed by atoms with Gasteiger partial charge in [-0.2, -0.15) is 0 Å². The van der Waals surface area contributed by atoms with E-state index in [0.29, 0.717) is 13.1 Å². The van der Waals surface area contributed by atoms with E-state index in [-0.39, 0.29) is 24.5 Å². The van der Waals surface area contributed by atoms with Crippen molar-refractivity contribution in [3.8, 4) is 0 Å². The summed E-state index contributed by atoms with van der Waals surface area (Å²) in [7, 11) is 0. The van der Waals surface area contributed by atoms with Crippen molar-refractivity contribution in [2.24, 2.45) is 11.3 Å². The summed E-state index contributed by atoms with van der Waals surface area (Å²) in [5.41, 5.74) is -0.794. The van der Waals surface area contributed by atoms with E-state index >= 15 is 0 Å². The second-order valence-electron chi connectivity index (χ2n) is 6.07. The van der Waals surface area contributed by atoms with Gasteiger partial charge in [-0.05, 0) is 46.5 Å². The maximum atomic E-state index is 12.0. The highest BCUT2D eigenvalue weighted by Gasteiger charge is 2.39. The first-order valence-electron chi connectivity index (χ1n) is 6.88. The summed E-state index contributed by atoms with van der Waals surface area (Å²) in [5, 5.41) is 9.27. The summed E-state index contributed by atoms with van der Waals surface area (Å²) in [6.07, 6.45) is 1.74. The van der Waals surface area contributed by atoms with Gasteiger partial charge in [0, 0.05) is 13.1 Å². The summed E-state index contributed by atoms with van der Waals surface area (Å²) >= 11 is 0. The van der Waals surface area contributed by atoms with E-state index in [0.717, 1.165) is 12.8 Å². The molecule has 0 aromatic carbocycles. The number of amides is 1. The molecule has 1 amide bonds. The lowest BCUT2D eigenvalue weighted by Gasteiger charge is -2.39. The Labute approximate surface area is 114 Å². The predicted molar refractivity (Wildman–Crippen MR) is 71.8 cm³/mol. The van der Waals surface area contributed by atoms with Crippen molar-refractivity contribution in [1.82, 2.24) is 4.90 Å². The van der Waals surface area contributed by atoms with Gasteiger partial charge in [0.25, 0.3) is 0 Å². The van der Waals surface area contributed by atoms with Gasteiger partial charge >= 0.3 is 5.97 Å². The molecule has 1 fully saturated rings. The number of likely N-dealkylation sites (tertiary alicyclic amines) is 1. The number of piperidine rings is 1. The van der Waals surface area contributed by atoms with Gasteiger partial charge in [-0.25, -0.2) is 0 Å². The quantitative estimate of drug-likeness (QED) is 0.827. The molecule has 0 aromatic heterocycles. The molecule has 1 rings (SSSR count). The second kappa shape index (κ2) is 6.37. The molecule has 1 heterocycles. The molecule has 1 N–H and O–H groups in total. The third-order valence-corrected chi connectivity index (χ3v) is 3.89. The molecule has 1 aliphatic rings. The zero-order chi connectivity index (χ0) is 14.6. The van der Waals surface area contributed by atoms with Crippen molar-refractivity contribution in [2.75, 3.05) is 19.7 Å². The normalized spacial score (nSPS) is 20.7. The Morgan fingerprint density at radius 1 is 1.42 bits per heavy atom. The van der Waals surface area contributed by atoms with Crippen LogP contribution in [0.5, 0.6) is 0 Å². The SMILES string of the molecule is CC(C)OCC(=O)N1CCCC(C(C)(C)C(=O)O)C1. The van der Waals surface area contributed by atoms with E-state index in [9.17, 15) is 14.7 Å². The maximum absolute atomic E-state index is 12.0. The third kappa shape index (κ3) is 4.20. The lowest BCUT2D eigenvalue weighted by molar-refractivity contribution is -0.154. The number of carbonyl (C=O) groups is 2. The van der Waals surface area contributed by atoms with Crippen LogP contribution in [0.4, 0.5) is 0 Å². The van der Waals surface area contributed by atoms with E-state index in [1.54, 1.807) is 18.7 Å². The van der Waals surface area contributed by atoms with Crippen LogP contribution in [0.1, 0.15) is 40.5 Å². The molecule has 0 saturated carbocycles. The molecule has 0 radical (unpaired) electrons. The standard InChI is InChI=1S/C14H25NO4/c1-10(2)19-9-12(16)15-7-5-6-11(8-15)14(3,4)13(17)18/h10-11H,5-9H2,1-4H3,(H,17,18). The highest BCUT2D eigenvalue weighted by molar-refractivity contribution is 5.78. The lowest BCUT2D eigenvalue weighted by Crippen LogP contribution is -2.47. The van der Waals surface area contributed by atoms with Crippen LogP contribution in [-0.2, 0) is 14.3 Å². The smallest absolute Gasteiger partial charge is 0.309 e. The predicted octanol–water partition coefficient (Wildman–Crippen LogP) is 1.76. The molecule has 1 saturated heterocycles. The van der Waals surface area contributed by atoms with E-state index < -0.39 is 11.4 Å². The van der Waals surface area contributed by atoms with Gasteiger partial charge < -0.3 is 14.7 Å². The number of nitrogens with zero attached hydrogens (tertiary/aromatic N) is 1. The first kappa shape index (κ1) is 16.0. The highest BCUT2D eigenvalue weighted by Crippen LogP contribution is 2.34. The van der Waals surface area contributed by atoms with Crippen molar-refractivity contribution in [3.63, 3.8) is 0 Å². The minimum absolute atomic E-state index is 0.00162. The van der Waals surface area contributed by atoms with Gasteiger partial charge in [-0.15, -0.1) is 0 Å². The van der Waals surface area contributed by atoms with Gasteiger partial charge in [-0.3, -0.25) is 9.59 Å². The van der Waals surface area contributed by atoms with Crippen LogP contribution in [-0.4, -0.2) is 47.7 Å². The number of aliphatic carboxylic acids is 1. The monoisotopic (exact) mass is 271 g/mol. The van der Waals surface area contributed by atoms with Crippen LogP contribution in [0.15, 0.2) is 0 Å². The maximum Gasteiger partial charge on any atom is 0.309 e. The fraction of sp³-hybridized carbons (Fsp3) is 0.857. The number of hydrogen-bond donors (Lipinski definition) is 1. The van der Waals surface area contributed by atoms with Crippen LogP contribution in [0.25, 0.3) is 0 Å². The molecule has 1 aliphatic heterocycles. The molecule has 110 valence electrons. The van der Waals surface area contributed by atoms with Gasteiger partial charge in [0.2, 0.25) is 5.91 Å². The summed E-state index contributed by atoms with van der Waals surface area (Å²) in [6, 6.07) is 0. The second-order valence-corrected chi connectivity index (χ2v) is 6.07. The summed E-state index contributed by atoms with van der Waals surface area (Å²) in [6.45, 7) is 8.54. The Bertz CT molecular complexity index is 338. The molecule has 0 spiro atoms. The fourth-order valence-electron chi connectivity index (χ4n) is 2.30. The number of ether oxygens (including phenoxy) is 1. The van der Waals surface area contributed by atoms with Crippen LogP contribution in [0.2, 0.25) is 0 Å². The zero-order valence-electron chi connectivity index (χ0n) is 12.3. The van der Waals surface area contributed by atoms with Crippen molar-refractivity contribution in [3.05, 3.63) is 0 Å². The number of carboxylic acid groups (broad SMARTS) is 1. The van der Waals surface area contributed by atoms with Crippen LogP contribution >= 0.6 is 0 Å². The minimum Gasteiger partial charge on any atom is -0.481 e. The molecule has 1 atom stereocenters. The lowest BCUT2D eigenvalue weighted by atomic mass is 9.74. The summed E-state index contributed by atoms with van der Waals surface area (Å²) < 4.78 is 5.32. The Morgan fingerprint density at radius 3 is 2.58 bits per heavy atom. The number of carbonyl (C=O) groups excluding carboxylic acids is 1. The molecule has 0 bridgehead atoms. The van der Waals surface area contributed by atoms with Crippen molar-refractivity contribution >= 4 is 11.9 Å². The Balaban J connectivity index is 2.59. The Morgan fingerprint density at radius 2 is 2.05 bits per heavy atom. The zero-order valence-corrected chi connectivity index (χ0v) is 12.3. The van der Waals surface area contributed by atoms with Gasteiger partial charge in [0.15, 0.2) is 0 Å². The molecule has 5 heteroatoms. The molecular weight excluding hydrogens is 246 g/mol. The highest BCUT2D eigenvalue weighted by atomic mass is 16.5. The first-order chi connectivity index (χ1) is 8.75. The summed E-state index contributed by atoms with van der Waals surface area (Å²) in [4.78, 5) is 25.0. The molecule has 1 unspecified atom stereocenters. The molecular formula is C14H25NO4. The largest absolute Gasteiger partial charge is 0.481 e. The molecule has 19 heavy (non-hydrogen) atoms. The molecule has 0 aliphatic carbocycles. The molecule has 5 nitrogen and oxygen atoms in total. The Hall–Kier alpha value is -1.10. The average molecular weight is 271 g/mol. The van der Waals surface area contributed by atoms with Crippen LogP contribution in [0.3, 0.4) is 0 Å². The van der Waals surface area contributed by atoms with Gasteiger partial charge in [-0.1, -0.05) is 0 Å². The summed E-state index contributed by atoms with van der Waals surface area (Å²) in [5.74, 6) is -0.841. The van der Waals surface area contributed by atoms with Gasteiger partial charge in [0.05, 0.1) is 11.5 Å². The minimum atomic E-state index is -0.801. The van der Waals surface area contributed by atoms with Crippen molar-refractivity contribution in [2.45, 2.75) is 46.6 Å². The van der Waals surface area contributed by atoms with Crippen LogP contribution < -0.4 is 0 Å². The third-order valence-electron chi connectivity index (χ3n) is 3.89. The van der Waals surface area contributed by atoms with Crippen molar-refractivity contribution in [1.29, 1.82) is 0 Å². The molecule has 0 aromatic rings. The van der Waals surface area contributed by atoms with E-state index in [2.05, 4.69) is 0 Å². The van der Waals surface area contributed by atoms with E-state index in [4.69, 9.17) is 4.74 Å².